The van der Waals surface area contributed by atoms with Crippen LogP contribution in [0.15, 0.2) is 0 Å². The quantitative estimate of drug-likeness (QED) is 0.176. The number of Topliss-reactive ketones (excluding diaryl/α,β-unsaturated/α-hetero) is 1. The van der Waals surface area contributed by atoms with Gasteiger partial charge in [0.2, 0.25) is 17.7 Å². The minimum Gasteiger partial charge on any atom is -0.381 e. The average molecular weight is 682 g/mol. The second-order valence-corrected chi connectivity index (χ2v) is 16.7. The number of likely N-dealkylation sites (tertiary alicyclic amines) is 1. The lowest BCUT2D eigenvalue weighted by atomic mass is 9.70. The molecule has 0 bridgehead atoms. The van der Waals surface area contributed by atoms with E-state index in [0.717, 1.165) is 89.9 Å². The van der Waals surface area contributed by atoms with E-state index in [9.17, 15) is 29.1 Å². The van der Waals surface area contributed by atoms with Crippen molar-refractivity contribution < 1.29 is 29.1 Å². The third-order valence-electron chi connectivity index (χ3n) is 12.4. The summed E-state index contributed by atoms with van der Waals surface area (Å²) in [6.07, 6.45) is 18.2. The van der Waals surface area contributed by atoms with Gasteiger partial charge < -0.3 is 31.7 Å². The van der Waals surface area contributed by atoms with Crippen LogP contribution in [0.3, 0.4) is 0 Å². The number of carbonyl (C=O) groups excluding carboxylic acids is 5. The predicted molar refractivity (Wildman–Crippen MR) is 185 cm³/mol. The van der Waals surface area contributed by atoms with E-state index in [2.05, 4.69) is 21.9 Å². The number of hydrogen-bond acceptors (Lipinski definition) is 6. The van der Waals surface area contributed by atoms with Gasteiger partial charge in [0.1, 0.15) is 12.1 Å². The Morgan fingerprint density at radius 2 is 1.55 bits per heavy atom. The van der Waals surface area contributed by atoms with Crippen LogP contribution in [0.1, 0.15) is 124 Å². The van der Waals surface area contributed by atoms with Crippen molar-refractivity contribution in [2.45, 2.75) is 154 Å². The first kappa shape index (κ1) is 37.1. The van der Waals surface area contributed by atoms with Gasteiger partial charge in [-0.15, -0.1) is 12.3 Å². The molecule has 4 saturated carbocycles. The Balaban J connectivity index is 1.41. The number of ketones is 1. The SMILES string of the molecule is C#CC(C)(C)[C@H]1CCN(C(=O)[C@@H](NC(=O)N[C@H](C(=O)C2CC2)C2CCCCC2)C2(C)CCCCC2)[C@@H]1C(=O)NC(CC1CC1)C(O)C(N)=O. The molecule has 0 aromatic heterocycles. The first-order chi connectivity index (χ1) is 23.3. The molecule has 1 saturated heterocycles. The van der Waals surface area contributed by atoms with E-state index in [0.29, 0.717) is 12.8 Å². The summed E-state index contributed by atoms with van der Waals surface area (Å²) in [6.45, 7) is 6.05. The van der Waals surface area contributed by atoms with Gasteiger partial charge in [0, 0.05) is 23.8 Å². The topological polar surface area (TPSA) is 171 Å². The van der Waals surface area contributed by atoms with Crippen LogP contribution < -0.4 is 21.7 Å². The Bertz CT molecular complexity index is 1290. The van der Waals surface area contributed by atoms with Crippen LogP contribution in [0.4, 0.5) is 4.79 Å². The third kappa shape index (κ3) is 8.79. The van der Waals surface area contributed by atoms with Gasteiger partial charge in [0.15, 0.2) is 11.9 Å². The molecule has 0 spiro atoms. The number of nitrogens with zero attached hydrogens (tertiary/aromatic N) is 1. The average Bonchev–Trinajstić information content (AvgIpc) is 4.03. The van der Waals surface area contributed by atoms with E-state index < -0.39 is 64.9 Å². The van der Waals surface area contributed by atoms with E-state index in [1.165, 1.54) is 0 Å². The molecule has 272 valence electrons. The molecule has 0 aromatic carbocycles. The van der Waals surface area contributed by atoms with Crippen LogP contribution in [0, 0.1) is 46.8 Å². The highest BCUT2D eigenvalue weighted by Gasteiger charge is 2.52. The lowest BCUT2D eigenvalue weighted by Crippen LogP contribution is -2.63. The minimum absolute atomic E-state index is 0.00217. The summed E-state index contributed by atoms with van der Waals surface area (Å²) < 4.78 is 0. The first-order valence-electron chi connectivity index (χ1n) is 18.9. The van der Waals surface area contributed by atoms with Gasteiger partial charge in [0.05, 0.1) is 12.1 Å². The number of terminal acetylenes is 1. The maximum atomic E-state index is 14.9. The molecule has 5 rings (SSSR count). The number of carbonyl (C=O) groups is 5. The molecule has 0 radical (unpaired) electrons. The summed E-state index contributed by atoms with van der Waals surface area (Å²) in [5.74, 6) is 1.11. The molecule has 6 atom stereocenters. The van der Waals surface area contributed by atoms with Crippen molar-refractivity contribution in [3.63, 3.8) is 0 Å². The molecule has 5 amide bonds. The number of aliphatic hydroxyl groups is 1. The Hall–Kier alpha value is -3.13. The fourth-order valence-electron chi connectivity index (χ4n) is 8.84. The van der Waals surface area contributed by atoms with Gasteiger partial charge in [0.25, 0.3) is 0 Å². The fourth-order valence-corrected chi connectivity index (χ4v) is 8.84. The first-order valence-corrected chi connectivity index (χ1v) is 18.9. The highest BCUT2D eigenvalue weighted by molar-refractivity contribution is 5.95. The lowest BCUT2D eigenvalue weighted by Gasteiger charge is -2.43. The summed E-state index contributed by atoms with van der Waals surface area (Å²) in [6, 6.07) is -3.90. The number of nitrogens with two attached hydrogens (primary N) is 1. The van der Waals surface area contributed by atoms with Crippen molar-refractivity contribution in [2.24, 2.45) is 40.2 Å². The Morgan fingerprint density at radius 1 is 0.918 bits per heavy atom. The van der Waals surface area contributed by atoms with Crippen LogP contribution >= 0.6 is 0 Å². The number of urea groups is 1. The zero-order chi connectivity index (χ0) is 35.5. The Kier molecular flexibility index (Phi) is 11.7. The van der Waals surface area contributed by atoms with Crippen molar-refractivity contribution in [3.05, 3.63) is 0 Å². The standard InChI is InChI=1S/C38H59N5O6/c1-5-37(2,3)26-18-21-43(29(26)34(47)40-27(22-23-14-15-23)31(45)33(39)46)35(48)32(38(4)19-10-7-11-20-38)42-36(49)41-28(30(44)25-16-17-25)24-12-8-6-9-13-24/h1,23-29,31-32,45H,6-22H2,2-4H3,(H2,39,46)(H,40,47)(H2,41,42,49)/t26-,27?,28-,29-,31?,32+/m0/s1. The fraction of sp³-hybridized carbons (Fsp3) is 0.816. The summed E-state index contributed by atoms with van der Waals surface area (Å²) in [5.41, 5.74) is 4.14. The number of rotatable bonds is 14. The highest BCUT2D eigenvalue weighted by atomic mass is 16.3. The predicted octanol–water partition coefficient (Wildman–Crippen LogP) is 3.56. The van der Waals surface area contributed by atoms with Crippen molar-refractivity contribution in [2.75, 3.05) is 6.54 Å². The van der Waals surface area contributed by atoms with Crippen LogP contribution in [0.25, 0.3) is 0 Å². The smallest absolute Gasteiger partial charge is 0.316 e. The van der Waals surface area contributed by atoms with E-state index >= 15 is 0 Å². The molecule has 5 fully saturated rings. The van der Waals surface area contributed by atoms with Crippen LogP contribution in [-0.4, -0.2) is 76.4 Å². The number of primary amides is 1. The minimum atomic E-state index is -1.57. The summed E-state index contributed by atoms with van der Waals surface area (Å²) in [4.78, 5) is 70.1. The van der Waals surface area contributed by atoms with Gasteiger partial charge in [-0.05, 0) is 82.5 Å². The van der Waals surface area contributed by atoms with Crippen LogP contribution in [0.2, 0.25) is 0 Å². The normalized spacial score (nSPS) is 26.8. The lowest BCUT2D eigenvalue weighted by molar-refractivity contribution is -0.145. The second-order valence-electron chi connectivity index (χ2n) is 16.7. The molecule has 1 heterocycles. The van der Waals surface area contributed by atoms with E-state index in [1.807, 2.05) is 20.8 Å². The number of hydrogen-bond donors (Lipinski definition) is 5. The van der Waals surface area contributed by atoms with Crippen molar-refractivity contribution in [1.29, 1.82) is 0 Å². The van der Waals surface area contributed by atoms with Crippen LogP contribution in [-0.2, 0) is 19.2 Å². The maximum absolute atomic E-state index is 14.9. The number of nitrogens with one attached hydrogen (secondary N) is 3. The van der Waals surface area contributed by atoms with Crippen molar-refractivity contribution in [3.8, 4) is 12.3 Å². The molecule has 5 aliphatic rings. The van der Waals surface area contributed by atoms with E-state index in [1.54, 1.807) is 4.90 Å². The van der Waals surface area contributed by atoms with Crippen LogP contribution in [0.5, 0.6) is 0 Å². The molecule has 11 nitrogen and oxygen atoms in total. The monoisotopic (exact) mass is 681 g/mol. The zero-order valence-electron chi connectivity index (χ0n) is 29.8. The molecule has 4 aliphatic carbocycles. The summed E-state index contributed by atoms with van der Waals surface area (Å²) in [7, 11) is 0. The summed E-state index contributed by atoms with van der Waals surface area (Å²) in [5, 5.41) is 19.6. The van der Waals surface area contributed by atoms with Crippen molar-refractivity contribution >= 4 is 29.5 Å². The molecule has 11 heteroatoms. The van der Waals surface area contributed by atoms with Gasteiger partial charge in [-0.25, -0.2) is 4.79 Å². The van der Waals surface area contributed by atoms with Gasteiger partial charge in [-0.1, -0.05) is 58.3 Å². The third-order valence-corrected chi connectivity index (χ3v) is 12.4. The number of amides is 5. The number of aliphatic hydroxyl groups excluding tert-OH is 1. The molecule has 1 aliphatic heterocycles. The maximum Gasteiger partial charge on any atom is 0.316 e. The largest absolute Gasteiger partial charge is 0.381 e. The molecular weight excluding hydrogens is 622 g/mol. The molecule has 49 heavy (non-hydrogen) atoms. The Labute approximate surface area is 292 Å². The molecule has 0 aromatic rings. The highest BCUT2D eigenvalue weighted by Crippen LogP contribution is 2.44. The van der Waals surface area contributed by atoms with E-state index in [4.69, 9.17) is 12.2 Å². The summed E-state index contributed by atoms with van der Waals surface area (Å²) >= 11 is 0. The van der Waals surface area contributed by atoms with Crippen molar-refractivity contribution in [1.82, 2.24) is 20.9 Å². The zero-order valence-corrected chi connectivity index (χ0v) is 29.8. The van der Waals surface area contributed by atoms with Gasteiger partial charge in [-0.3, -0.25) is 19.2 Å². The van der Waals surface area contributed by atoms with Gasteiger partial charge in [-0.2, -0.15) is 0 Å². The Morgan fingerprint density at radius 3 is 2.12 bits per heavy atom. The molecular formula is C38H59N5O6. The van der Waals surface area contributed by atoms with E-state index in [-0.39, 0.29) is 36.0 Å². The molecule has 2 unspecified atom stereocenters. The second kappa shape index (κ2) is 15.4. The molecule has 6 N–H and O–H groups in total. The van der Waals surface area contributed by atoms with Gasteiger partial charge >= 0.3 is 6.03 Å².